The van der Waals surface area contributed by atoms with Gasteiger partial charge in [0, 0.05) is 7.11 Å². The van der Waals surface area contributed by atoms with Crippen LogP contribution < -0.4 is 0 Å². The summed E-state index contributed by atoms with van der Waals surface area (Å²) >= 11 is 0. The third kappa shape index (κ3) is 2.82. The molecule has 0 unspecified atom stereocenters. The van der Waals surface area contributed by atoms with Crippen molar-refractivity contribution < 1.29 is 23.8 Å². The number of rotatable bonds is 4. The van der Waals surface area contributed by atoms with Crippen molar-refractivity contribution in [2.24, 2.45) is 0 Å². The maximum Gasteiger partial charge on any atom is 0.339 e. The molecule has 0 saturated carbocycles. The molecule has 0 fully saturated rings. The van der Waals surface area contributed by atoms with Gasteiger partial charge in [-0.2, -0.15) is 0 Å². The van der Waals surface area contributed by atoms with Gasteiger partial charge >= 0.3 is 11.9 Å². The second-order valence-corrected chi connectivity index (χ2v) is 3.26. The fourth-order valence-electron chi connectivity index (χ4n) is 1.50. The van der Waals surface area contributed by atoms with Crippen LogP contribution in [0.5, 0.6) is 0 Å². The van der Waals surface area contributed by atoms with Gasteiger partial charge in [-0.05, 0) is 11.6 Å². The molecule has 17 heavy (non-hydrogen) atoms. The fourth-order valence-corrected chi connectivity index (χ4v) is 1.50. The van der Waals surface area contributed by atoms with E-state index >= 15 is 0 Å². The molecular weight excluding hydrogens is 224 g/mol. The first-order chi connectivity index (χ1) is 8.15. The minimum Gasteiger partial charge on any atom is -0.465 e. The van der Waals surface area contributed by atoms with Crippen molar-refractivity contribution in [1.29, 1.82) is 0 Å². The third-order valence-electron chi connectivity index (χ3n) is 2.25. The SMILES string of the molecule is COCc1cccc(C(=O)OC)c1C(=O)OC. The first-order valence-electron chi connectivity index (χ1n) is 4.93. The van der Waals surface area contributed by atoms with E-state index in [1.807, 2.05) is 0 Å². The number of benzene rings is 1. The van der Waals surface area contributed by atoms with E-state index in [9.17, 15) is 9.59 Å². The second kappa shape index (κ2) is 6.00. The number of methoxy groups -OCH3 is 3. The van der Waals surface area contributed by atoms with Crippen molar-refractivity contribution in [3.63, 3.8) is 0 Å². The van der Waals surface area contributed by atoms with E-state index in [4.69, 9.17) is 4.74 Å². The first-order valence-corrected chi connectivity index (χ1v) is 4.93. The van der Waals surface area contributed by atoms with Crippen LogP contribution >= 0.6 is 0 Å². The molecule has 0 aromatic heterocycles. The van der Waals surface area contributed by atoms with E-state index in [1.54, 1.807) is 12.1 Å². The number of carbonyl (C=O) groups excluding carboxylic acids is 2. The summed E-state index contributed by atoms with van der Waals surface area (Å²) in [5.74, 6) is -1.17. The van der Waals surface area contributed by atoms with Gasteiger partial charge in [-0.15, -0.1) is 0 Å². The highest BCUT2D eigenvalue weighted by Gasteiger charge is 2.21. The highest BCUT2D eigenvalue weighted by molar-refractivity contribution is 6.04. The lowest BCUT2D eigenvalue weighted by molar-refractivity contribution is 0.0551. The van der Waals surface area contributed by atoms with Crippen molar-refractivity contribution in [2.45, 2.75) is 6.61 Å². The lowest BCUT2D eigenvalue weighted by Crippen LogP contribution is -2.14. The molecule has 5 heteroatoms. The maximum absolute atomic E-state index is 11.7. The van der Waals surface area contributed by atoms with Crippen LogP contribution in [0.1, 0.15) is 26.3 Å². The van der Waals surface area contributed by atoms with Gasteiger partial charge < -0.3 is 14.2 Å². The zero-order valence-electron chi connectivity index (χ0n) is 9.98. The summed E-state index contributed by atoms with van der Waals surface area (Å²) in [6.07, 6.45) is 0. The molecule has 0 saturated heterocycles. The smallest absolute Gasteiger partial charge is 0.339 e. The van der Waals surface area contributed by atoms with Crippen molar-refractivity contribution in [1.82, 2.24) is 0 Å². The van der Waals surface area contributed by atoms with E-state index < -0.39 is 11.9 Å². The number of hydrogen-bond acceptors (Lipinski definition) is 5. The lowest BCUT2D eigenvalue weighted by Gasteiger charge is -2.11. The number of ether oxygens (including phenoxy) is 3. The summed E-state index contributed by atoms with van der Waals surface area (Å²) in [6, 6.07) is 4.87. The van der Waals surface area contributed by atoms with Crippen LogP contribution in [0.3, 0.4) is 0 Å². The molecular formula is C12H14O5. The lowest BCUT2D eigenvalue weighted by atomic mass is 10.0. The highest BCUT2D eigenvalue weighted by atomic mass is 16.5. The summed E-state index contributed by atoms with van der Waals surface area (Å²) in [4.78, 5) is 23.2. The Morgan fingerprint density at radius 3 is 2.24 bits per heavy atom. The molecule has 0 atom stereocenters. The molecule has 0 aliphatic carbocycles. The minimum atomic E-state index is -0.585. The van der Waals surface area contributed by atoms with E-state index in [-0.39, 0.29) is 17.7 Å². The summed E-state index contributed by atoms with van der Waals surface area (Å²) in [7, 11) is 4.02. The van der Waals surface area contributed by atoms with E-state index in [1.165, 1.54) is 27.4 Å². The van der Waals surface area contributed by atoms with Crippen LogP contribution in [-0.4, -0.2) is 33.3 Å². The molecule has 0 aliphatic heterocycles. The standard InChI is InChI=1S/C12H14O5/c1-15-7-8-5-4-6-9(11(13)16-2)10(8)12(14)17-3/h4-6H,7H2,1-3H3. The molecule has 0 amide bonds. The normalized spacial score (nSPS) is 9.82. The summed E-state index contributed by atoms with van der Waals surface area (Å²) in [6.45, 7) is 0.218. The molecule has 0 bridgehead atoms. The van der Waals surface area contributed by atoms with Gasteiger partial charge in [0.15, 0.2) is 0 Å². The van der Waals surface area contributed by atoms with Crippen molar-refractivity contribution in [3.8, 4) is 0 Å². The van der Waals surface area contributed by atoms with Crippen molar-refractivity contribution >= 4 is 11.9 Å². The van der Waals surface area contributed by atoms with Gasteiger partial charge in [0.2, 0.25) is 0 Å². The summed E-state index contributed by atoms with van der Waals surface area (Å²) < 4.78 is 14.2. The zero-order chi connectivity index (χ0) is 12.8. The fraction of sp³-hybridized carbons (Fsp3) is 0.333. The Hall–Kier alpha value is -1.88. The molecule has 5 nitrogen and oxygen atoms in total. The molecule has 92 valence electrons. The van der Waals surface area contributed by atoms with Gasteiger partial charge in [-0.25, -0.2) is 9.59 Å². The highest BCUT2D eigenvalue weighted by Crippen LogP contribution is 2.18. The largest absolute Gasteiger partial charge is 0.465 e. The Bertz CT molecular complexity index is 425. The molecule has 0 radical (unpaired) electrons. The molecule has 0 heterocycles. The molecule has 0 N–H and O–H groups in total. The van der Waals surface area contributed by atoms with Crippen LogP contribution in [0.2, 0.25) is 0 Å². The summed E-state index contributed by atoms with van der Waals surface area (Å²) in [5, 5.41) is 0. The maximum atomic E-state index is 11.7. The second-order valence-electron chi connectivity index (χ2n) is 3.26. The topological polar surface area (TPSA) is 61.8 Å². The van der Waals surface area contributed by atoms with E-state index in [0.717, 1.165) is 0 Å². The molecule has 0 spiro atoms. The van der Waals surface area contributed by atoms with Crippen LogP contribution in [-0.2, 0) is 20.8 Å². The van der Waals surface area contributed by atoms with Crippen LogP contribution in [0.25, 0.3) is 0 Å². The molecule has 0 aliphatic rings. The van der Waals surface area contributed by atoms with Crippen molar-refractivity contribution in [2.75, 3.05) is 21.3 Å². The van der Waals surface area contributed by atoms with Gasteiger partial charge in [0.25, 0.3) is 0 Å². The average Bonchev–Trinajstić information content (AvgIpc) is 2.37. The van der Waals surface area contributed by atoms with Gasteiger partial charge in [0.1, 0.15) is 0 Å². The Kier molecular flexibility index (Phi) is 4.66. The Balaban J connectivity index is 3.33. The van der Waals surface area contributed by atoms with E-state index in [2.05, 4.69) is 9.47 Å². The van der Waals surface area contributed by atoms with Gasteiger partial charge in [-0.3, -0.25) is 0 Å². The minimum absolute atomic E-state index is 0.175. The first kappa shape index (κ1) is 13.2. The quantitative estimate of drug-likeness (QED) is 0.742. The van der Waals surface area contributed by atoms with Crippen LogP contribution in [0, 0.1) is 0 Å². The van der Waals surface area contributed by atoms with Gasteiger partial charge in [-0.1, -0.05) is 12.1 Å². The number of hydrogen-bond donors (Lipinski definition) is 0. The molecule has 1 rings (SSSR count). The average molecular weight is 238 g/mol. The Morgan fingerprint density at radius 2 is 1.71 bits per heavy atom. The number of esters is 2. The Morgan fingerprint density at radius 1 is 1.06 bits per heavy atom. The Labute approximate surface area is 99.3 Å². The van der Waals surface area contributed by atoms with Crippen LogP contribution in [0.4, 0.5) is 0 Å². The molecule has 1 aromatic rings. The third-order valence-corrected chi connectivity index (χ3v) is 2.25. The zero-order valence-corrected chi connectivity index (χ0v) is 9.98. The summed E-state index contributed by atoms with van der Waals surface area (Å²) in [5.41, 5.74) is 0.944. The monoisotopic (exact) mass is 238 g/mol. The predicted molar refractivity (Wildman–Crippen MR) is 59.8 cm³/mol. The molecule has 1 aromatic carbocycles. The van der Waals surface area contributed by atoms with Crippen molar-refractivity contribution in [3.05, 3.63) is 34.9 Å². The predicted octanol–water partition coefficient (Wildman–Crippen LogP) is 1.41. The number of carbonyl (C=O) groups is 2. The van der Waals surface area contributed by atoms with Gasteiger partial charge in [0.05, 0.1) is 32.0 Å². The van der Waals surface area contributed by atoms with E-state index in [0.29, 0.717) is 5.56 Å². The van der Waals surface area contributed by atoms with Crippen LogP contribution in [0.15, 0.2) is 18.2 Å².